The molecule has 0 aromatic heterocycles. The summed E-state index contributed by atoms with van der Waals surface area (Å²) in [5.74, 6) is 1.05. The second-order valence-electron chi connectivity index (χ2n) is 5.82. The molecule has 136 valence electrons. The Morgan fingerprint density at radius 2 is 1.91 bits per heavy atom. The van der Waals surface area contributed by atoms with Gasteiger partial charge < -0.3 is 20.3 Å². The van der Waals surface area contributed by atoms with Crippen LogP contribution in [0.2, 0.25) is 0 Å². The van der Waals surface area contributed by atoms with E-state index in [1.807, 2.05) is 20.8 Å². The van der Waals surface area contributed by atoms with Gasteiger partial charge in [0.1, 0.15) is 0 Å². The Hall–Kier alpha value is -0.570. The normalized spacial score (nSPS) is 16.2. The minimum absolute atomic E-state index is 0. The van der Waals surface area contributed by atoms with E-state index in [2.05, 4.69) is 27.4 Å². The summed E-state index contributed by atoms with van der Waals surface area (Å²) in [6.07, 6.45) is 2.47. The number of likely N-dealkylation sites (tertiary alicyclic amines) is 1. The van der Waals surface area contributed by atoms with E-state index in [0.717, 1.165) is 45.0 Å². The Bertz CT molecular complexity index is 356. The maximum atomic E-state index is 11.5. The zero-order valence-electron chi connectivity index (χ0n) is 14.9. The SMILES string of the molecule is CCNC(=NCCNC(=O)C(C)C)N1CCC(OCC)CC1.I. The summed E-state index contributed by atoms with van der Waals surface area (Å²) >= 11 is 0. The first-order valence-electron chi connectivity index (χ1n) is 8.51. The number of carbonyl (C=O) groups is 1. The predicted molar refractivity (Wildman–Crippen MR) is 105 cm³/mol. The van der Waals surface area contributed by atoms with Crippen molar-refractivity contribution in [3.8, 4) is 0 Å². The molecule has 7 heteroatoms. The topological polar surface area (TPSA) is 66.0 Å². The molecule has 0 aromatic carbocycles. The van der Waals surface area contributed by atoms with E-state index in [1.54, 1.807) is 0 Å². The highest BCUT2D eigenvalue weighted by Crippen LogP contribution is 2.13. The van der Waals surface area contributed by atoms with Crippen molar-refractivity contribution in [3.05, 3.63) is 0 Å². The maximum absolute atomic E-state index is 11.5. The van der Waals surface area contributed by atoms with Crippen molar-refractivity contribution < 1.29 is 9.53 Å². The third-order valence-corrected chi connectivity index (χ3v) is 3.68. The fraction of sp³-hybridized carbons (Fsp3) is 0.875. The summed E-state index contributed by atoms with van der Waals surface area (Å²) in [7, 11) is 0. The van der Waals surface area contributed by atoms with E-state index in [4.69, 9.17) is 4.74 Å². The molecule has 0 spiro atoms. The highest BCUT2D eigenvalue weighted by atomic mass is 127. The second kappa shape index (κ2) is 12.8. The van der Waals surface area contributed by atoms with Gasteiger partial charge in [0.2, 0.25) is 5.91 Å². The van der Waals surface area contributed by atoms with Gasteiger partial charge in [0.15, 0.2) is 5.96 Å². The molecule has 6 nitrogen and oxygen atoms in total. The van der Waals surface area contributed by atoms with E-state index >= 15 is 0 Å². The second-order valence-corrected chi connectivity index (χ2v) is 5.82. The largest absolute Gasteiger partial charge is 0.378 e. The van der Waals surface area contributed by atoms with Crippen LogP contribution in [0.1, 0.15) is 40.5 Å². The molecule has 1 rings (SSSR count). The molecule has 0 unspecified atom stereocenters. The molecule has 1 amide bonds. The first kappa shape index (κ1) is 22.4. The summed E-state index contributed by atoms with van der Waals surface area (Å²) in [5, 5.41) is 6.23. The number of ether oxygens (including phenoxy) is 1. The van der Waals surface area contributed by atoms with Gasteiger partial charge in [-0.1, -0.05) is 13.8 Å². The van der Waals surface area contributed by atoms with E-state index < -0.39 is 0 Å². The number of halogens is 1. The van der Waals surface area contributed by atoms with Crippen molar-refractivity contribution in [1.29, 1.82) is 0 Å². The van der Waals surface area contributed by atoms with Crippen molar-refractivity contribution in [2.24, 2.45) is 10.9 Å². The van der Waals surface area contributed by atoms with Crippen LogP contribution < -0.4 is 10.6 Å². The molecular formula is C16H33IN4O2. The number of piperidine rings is 1. The van der Waals surface area contributed by atoms with Crippen LogP contribution in [0.3, 0.4) is 0 Å². The average molecular weight is 440 g/mol. The quantitative estimate of drug-likeness (QED) is 0.275. The molecule has 0 aliphatic carbocycles. The molecule has 23 heavy (non-hydrogen) atoms. The van der Waals surface area contributed by atoms with E-state index in [1.165, 1.54) is 0 Å². The zero-order chi connectivity index (χ0) is 16.4. The maximum Gasteiger partial charge on any atom is 0.222 e. The number of guanidine groups is 1. The highest BCUT2D eigenvalue weighted by Gasteiger charge is 2.21. The zero-order valence-corrected chi connectivity index (χ0v) is 17.3. The van der Waals surface area contributed by atoms with Crippen molar-refractivity contribution in [2.45, 2.75) is 46.6 Å². The van der Waals surface area contributed by atoms with Crippen LogP contribution in [0, 0.1) is 5.92 Å². The van der Waals surface area contributed by atoms with Crippen LogP contribution in [-0.4, -0.2) is 62.2 Å². The Labute approximate surface area is 157 Å². The van der Waals surface area contributed by atoms with Crippen LogP contribution in [0.5, 0.6) is 0 Å². The number of hydrogen-bond donors (Lipinski definition) is 2. The Balaban J connectivity index is 0.00000484. The van der Waals surface area contributed by atoms with E-state index in [0.29, 0.717) is 19.2 Å². The number of carbonyl (C=O) groups excluding carboxylic acids is 1. The van der Waals surface area contributed by atoms with Crippen molar-refractivity contribution in [1.82, 2.24) is 15.5 Å². The van der Waals surface area contributed by atoms with Crippen molar-refractivity contribution in [3.63, 3.8) is 0 Å². The van der Waals surface area contributed by atoms with Gasteiger partial charge in [-0.15, -0.1) is 24.0 Å². The van der Waals surface area contributed by atoms with Gasteiger partial charge in [0.05, 0.1) is 12.6 Å². The third-order valence-electron chi connectivity index (χ3n) is 3.68. The number of rotatable bonds is 7. The van der Waals surface area contributed by atoms with Crippen molar-refractivity contribution in [2.75, 3.05) is 39.3 Å². The minimum Gasteiger partial charge on any atom is -0.378 e. The molecule has 0 aromatic rings. The summed E-state index contributed by atoms with van der Waals surface area (Å²) in [6, 6.07) is 0. The van der Waals surface area contributed by atoms with Crippen LogP contribution >= 0.6 is 24.0 Å². The number of amides is 1. The fourth-order valence-corrected chi connectivity index (χ4v) is 2.44. The number of hydrogen-bond acceptors (Lipinski definition) is 3. The van der Waals surface area contributed by atoms with Gasteiger partial charge in [0.25, 0.3) is 0 Å². The van der Waals surface area contributed by atoms with Gasteiger partial charge in [-0.2, -0.15) is 0 Å². The molecule has 1 aliphatic rings. The molecule has 1 fully saturated rings. The van der Waals surface area contributed by atoms with Crippen LogP contribution in [0.4, 0.5) is 0 Å². The summed E-state index contributed by atoms with van der Waals surface area (Å²) in [6.45, 7) is 12.7. The van der Waals surface area contributed by atoms with Crippen LogP contribution in [0.15, 0.2) is 4.99 Å². The molecular weight excluding hydrogens is 407 g/mol. The fourth-order valence-electron chi connectivity index (χ4n) is 2.44. The van der Waals surface area contributed by atoms with E-state index in [9.17, 15) is 4.79 Å². The Morgan fingerprint density at radius 1 is 1.26 bits per heavy atom. The molecule has 1 heterocycles. The van der Waals surface area contributed by atoms with Gasteiger partial charge >= 0.3 is 0 Å². The standard InChI is InChI=1S/C16H32N4O2.HI/c1-5-17-16(19-10-9-18-15(21)13(3)4)20-11-7-14(8-12-20)22-6-2;/h13-14H,5-12H2,1-4H3,(H,17,19)(H,18,21);1H. The smallest absolute Gasteiger partial charge is 0.222 e. The van der Waals surface area contributed by atoms with Gasteiger partial charge in [0, 0.05) is 38.7 Å². The lowest BCUT2D eigenvalue weighted by Gasteiger charge is -2.34. The molecule has 1 aliphatic heterocycles. The van der Waals surface area contributed by atoms with Crippen LogP contribution in [0.25, 0.3) is 0 Å². The first-order valence-corrected chi connectivity index (χ1v) is 8.51. The lowest BCUT2D eigenvalue weighted by atomic mass is 10.1. The predicted octanol–water partition coefficient (Wildman–Crippen LogP) is 1.84. The molecule has 0 saturated carbocycles. The number of nitrogens with zero attached hydrogens (tertiary/aromatic N) is 2. The minimum atomic E-state index is 0. The molecule has 0 radical (unpaired) electrons. The Morgan fingerprint density at radius 3 is 2.43 bits per heavy atom. The highest BCUT2D eigenvalue weighted by molar-refractivity contribution is 14.0. The lowest BCUT2D eigenvalue weighted by molar-refractivity contribution is -0.123. The summed E-state index contributed by atoms with van der Waals surface area (Å²) < 4.78 is 5.68. The molecule has 1 saturated heterocycles. The summed E-state index contributed by atoms with van der Waals surface area (Å²) in [4.78, 5) is 18.4. The summed E-state index contributed by atoms with van der Waals surface area (Å²) in [5.41, 5.74) is 0. The average Bonchev–Trinajstić information content (AvgIpc) is 2.51. The molecule has 2 N–H and O–H groups in total. The molecule has 0 bridgehead atoms. The monoisotopic (exact) mass is 440 g/mol. The number of nitrogens with one attached hydrogen (secondary N) is 2. The van der Waals surface area contributed by atoms with Gasteiger partial charge in [-0.25, -0.2) is 0 Å². The van der Waals surface area contributed by atoms with Crippen LogP contribution in [-0.2, 0) is 9.53 Å². The molecule has 0 atom stereocenters. The Kier molecular flexibility index (Phi) is 12.5. The van der Waals surface area contributed by atoms with Gasteiger partial charge in [-0.3, -0.25) is 9.79 Å². The third kappa shape index (κ3) is 8.74. The lowest BCUT2D eigenvalue weighted by Crippen LogP contribution is -2.47. The van der Waals surface area contributed by atoms with Gasteiger partial charge in [-0.05, 0) is 26.7 Å². The van der Waals surface area contributed by atoms with E-state index in [-0.39, 0.29) is 35.8 Å². The first-order chi connectivity index (χ1) is 10.6. The van der Waals surface area contributed by atoms with Crippen molar-refractivity contribution >= 4 is 35.8 Å². The number of aliphatic imine (C=N–C) groups is 1.